The first-order valence-electron chi connectivity index (χ1n) is 8.38. The first-order valence-corrected chi connectivity index (χ1v) is 8.38. The van der Waals surface area contributed by atoms with E-state index in [0.717, 1.165) is 17.0 Å². The summed E-state index contributed by atoms with van der Waals surface area (Å²) in [5, 5.41) is 7.24. The topological polar surface area (TPSA) is 107 Å². The van der Waals surface area contributed by atoms with Gasteiger partial charge in [0.15, 0.2) is 5.82 Å². The molecule has 0 unspecified atom stereocenters. The van der Waals surface area contributed by atoms with E-state index in [9.17, 15) is 4.79 Å². The molecule has 0 fully saturated rings. The highest BCUT2D eigenvalue weighted by Gasteiger charge is 2.15. The van der Waals surface area contributed by atoms with Crippen molar-refractivity contribution >= 4 is 29.8 Å². The second kappa shape index (κ2) is 8.79. The molecule has 0 aliphatic heterocycles. The maximum absolute atomic E-state index is 12.4. The summed E-state index contributed by atoms with van der Waals surface area (Å²) < 4.78 is 6.94. The Morgan fingerprint density at radius 2 is 2.00 bits per heavy atom. The normalized spacial score (nSPS) is 10.5. The van der Waals surface area contributed by atoms with E-state index < -0.39 is 0 Å². The van der Waals surface area contributed by atoms with Crippen LogP contribution >= 0.6 is 12.4 Å². The number of methoxy groups -OCH3 is 1. The van der Waals surface area contributed by atoms with Gasteiger partial charge >= 0.3 is 0 Å². The van der Waals surface area contributed by atoms with Gasteiger partial charge in [-0.3, -0.25) is 4.79 Å². The van der Waals surface area contributed by atoms with E-state index in [2.05, 4.69) is 20.4 Å². The van der Waals surface area contributed by atoms with Crippen molar-refractivity contribution in [3.05, 3.63) is 47.0 Å². The number of ether oxygens (including phenoxy) is 1. The maximum atomic E-state index is 12.4. The number of aryl methyl sites for hydroxylation is 2. The number of halogens is 1. The lowest BCUT2D eigenvalue weighted by Gasteiger charge is -2.12. The molecule has 0 aliphatic carbocycles. The van der Waals surface area contributed by atoms with Crippen molar-refractivity contribution in [3.63, 3.8) is 0 Å². The summed E-state index contributed by atoms with van der Waals surface area (Å²) in [6, 6.07) is 7.33. The number of anilines is 1. The van der Waals surface area contributed by atoms with E-state index in [0.29, 0.717) is 35.9 Å². The quantitative estimate of drug-likeness (QED) is 0.668. The number of carbonyl (C=O) groups is 1. The summed E-state index contributed by atoms with van der Waals surface area (Å²) >= 11 is 0. The number of hydrogen-bond acceptors (Lipinski definition) is 6. The van der Waals surface area contributed by atoms with Gasteiger partial charge in [-0.05, 0) is 38.0 Å². The van der Waals surface area contributed by atoms with Gasteiger partial charge in [-0.2, -0.15) is 4.98 Å². The van der Waals surface area contributed by atoms with Crippen molar-refractivity contribution in [2.75, 3.05) is 12.4 Å². The van der Waals surface area contributed by atoms with E-state index in [1.807, 2.05) is 38.1 Å². The van der Waals surface area contributed by atoms with Crippen LogP contribution in [0.25, 0.3) is 5.78 Å². The van der Waals surface area contributed by atoms with Crippen LogP contribution in [0.4, 0.5) is 5.69 Å². The molecule has 2 heterocycles. The molecule has 0 saturated heterocycles. The molecular weight excluding hydrogens is 368 g/mol. The van der Waals surface area contributed by atoms with Crippen molar-refractivity contribution < 1.29 is 9.53 Å². The lowest BCUT2D eigenvalue weighted by Crippen LogP contribution is -2.15. The Balaban J connectivity index is 0.00000261. The van der Waals surface area contributed by atoms with Crippen LogP contribution in [-0.2, 0) is 17.8 Å². The van der Waals surface area contributed by atoms with Crippen molar-refractivity contribution in [2.24, 2.45) is 5.73 Å². The summed E-state index contributed by atoms with van der Waals surface area (Å²) in [5.74, 6) is 1.62. The number of nitrogens with zero attached hydrogens (tertiary/aromatic N) is 4. The van der Waals surface area contributed by atoms with Gasteiger partial charge in [0, 0.05) is 17.8 Å². The van der Waals surface area contributed by atoms with Crippen molar-refractivity contribution in [3.8, 4) is 5.75 Å². The summed E-state index contributed by atoms with van der Waals surface area (Å²) in [6.07, 6.45) is 0.880. The summed E-state index contributed by atoms with van der Waals surface area (Å²) in [4.78, 5) is 21.1. The molecule has 0 aliphatic rings. The lowest BCUT2D eigenvalue weighted by molar-refractivity contribution is -0.116. The number of para-hydroxylation sites is 2. The Hall–Kier alpha value is -2.71. The van der Waals surface area contributed by atoms with Gasteiger partial charge in [0.25, 0.3) is 5.78 Å². The van der Waals surface area contributed by atoms with E-state index in [-0.39, 0.29) is 24.9 Å². The highest BCUT2D eigenvalue weighted by Crippen LogP contribution is 2.23. The van der Waals surface area contributed by atoms with Crippen LogP contribution in [0.1, 0.15) is 29.2 Å². The number of hydrogen-bond donors (Lipinski definition) is 2. The zero-order valence-electron chi connectivity index (χ0n) is 15.5. The highest BCUT2D eigenvalue weighted by atomic mass is 35.5. The van der Waals surface area contributed by atoms with Gasteiger partial charge < -0.3 is 15.8 Å². The minimum Gasteiger partial charge on any atom is -0.495 e. The largest absolute Gasteiger partial charge is 0.495 e. The van der Waals surface area contributed by atoms with E-state index >= 15 is 0 Å². The summed E-state index contributed by atoms with van der Waals surface area (Å²) in [6.45, 7) is 4.12. The lowest BCUT2D eigenvalue weighted by atomic mass is 10.1. The molecule has 1 aromatic carbocycles. The van der Waals surface area contributed by atoms with Gasteiger partial charge in [0.1, 0.15) is 5.75 Å². The Labute approximate surface area is 163 Å². The fraction of sp³-hybridized carbons (Fsp3) is 0.333. The number of rotatable bonds is 6. The fourth-order valence-electron chi connectivity index (χ4n) is 2.90. The van der Waals surface area contributed by atoms with Crippen molar-refractivity contribution in [1.82, 2.24) is 19.6 Å². The zero-order valence-corrected chi connectivity index (χ0v) is 16.3. The van der Waals surface area contributed by atoms with Crippen LogP contribution < -0.4 is 15.8 Å². The number of nitrogens with two attached hydrogens (primary N) is 1. The molecule has 8 nitrogen and oxygen atoms in total. The first kappa shape index (κ1) is 20.6. The number of carbonyl (C=O) groups excluding carboxylic acids is 1. The minimum absolute atomic E-state index is 0. The second-order valence-electron chi connectivity index (χ2n) is 5.95. The predicted molar refractivity (Wildman–Crippen MR) is 105 cm³/mol. The zero-order chi connectivity index (χ0) is 18.7. The predicted octanol–water partition coefficient (Wildman–Crippen LogP) is 2.20. The minimum atomic E-state index is -0.0883. The van der Waals surface area contributed by atoms with Crippen LogP contribution in [0.5, 0.6) is 5.75 Å². The molecule has 9 heteroatoms. The van der Waals surface area contributed by atoms with Crippen LogP contribution in [0.2, 0.25) is 0 Å². The Kier molecular flexibility index (Phi) is 6.70. The molecule has 2 aromatic heterocycles. The second-order valence-corrected chi connectivity index (χ2v) is 5.95. The van der Waals surface area contributed by atoms with Gasteiger partial charge in [-0.25, -0.2) is 9.50 Å². The molecular formula is C18H23ClN6O2. The molecule has 27 heavy (non-hydrogen) atoms. The fourth-order valence-corrected chi connectivity index (χ4v) is 2.90. The SMILES string of the molecule is COc1ccccc1NC(=O)CCc1c(C)nc2nc(CN)nn2c1C.Cl. The van der Waals surface area contributed by atoms with Crippen LogP contribution in [-0.4, -0.2) is 32.6 Å². The Bertz CT molecular complexity index is 956. The molecule has 0 spiro atoms. The van der Waals surface area contributed by atoms with E-state index in [4.69, 9.17) is 10.5 Å². The van der Waals surface area contributed by atoms with Gasteiger partial charge in [-0.1, -0.05) is 12.1 Å². The molecule has 0 bridgehead atoms. The van der Waals surface area contributed by atoms with Crippen LogP contribution in [0.15, 0.2) is 24.3 Å². The summed E-state index contributed by atoms with van der Waals surface area (Å²) in [5.41, 5.74) is 9.02. The van der Waals surface area contributed by atoms with Crippen molar-refractivity contribution in [1.29, 1.82) is 0 Å². The van der Waals surface area contributed by atoms with Crippen molar-refractivity contribution in [2.45, 2.75) is 33.2 Å². The van der Waals surface area contributed by atoms with Gasteiger partial charge in [0.2, 0.25) is 5.91 Å². The Morgan fingerprint density at radius 1 is 1.26 bits per heavy atom. The molecule has 3 rings (SSSR count). The standard InChI is InChI=1S/C18H22N6O2.ClH/c1-11-13(12(2)24-18(20-11)22-16(10-19)23-24)8-9-17(25)21-14-6-4-5-7-15(14)26-3;/h4-7H,8-10,19H2,1-3H3,(H,21,25);1H. The number of nitrogens with one attached hydrogen (secondary N) is 1. The molecule has 3 aromatic rings. The average Bonchev–Trinajstić information content (AvgIpc) is 3.05. The smallest absolute Gasteiger partial charge is 0.252 e. The maximum Gasteiger partial charge on any atom is 0.252 e. The van der Waals surface area contributed by atoms with E-state index in [1.165, 1.54) is 0 Å². The number of benzene rings is 1. The Morgan fingerprint density at radius 3 is 2.70 bits per heavy atom. The van der Waals surface area contributed by atoms with Crippen LogP contribution in [0.3, 0.4) is 0 Å². The monoisotopic (exact) mass is 390 g/mol. The van der Waals surface area contributed by atoms with E-state index in [1.54, 1.807) is 11.6 Å². The highest BCUT2D eigenvalue weighted by molar-refractivity contribution is 5.92. The molecule has 1 amide bonds. The molecule has 144 valence electrons. The summed E-state index contributed by atoms with van der Waals surface area (Å²) in [7, 11) is 1.58. The average molecular weight is 391 g/mol. The number of amides is 1. The third-order valence-electron chi connectivity index (χ3n) is 4.26. The van der Waals surface area contributed by atoms with Gasteiger partial charge in [0.05, 0.1) is 19.3 Å². The van der Waals surface area contributed by atoms with Gasteiger partial charge in [-0.15, -0.1) is 17.5 Å². The van der Waals surface area contributed by atoms with Crippen LogP contribution in [0, 0.1) is 13.8 Å². The number of fused-ring (bicyclic) bond motifs is 1. The molecule has 0 saturated carbocycles. The molecule has 3 N–H and O–H groups in total. The number of aromatic nitrogens is 4. The molecule has 0 atom stereocenters. The first-order chi connectivity index (χ1) is 12.5. The molecule has 0 radical (unpaired) electrons. The third kappa shape index (κ3) is 4.35. The third-order valence-corrected chi connectivity index (χ3v) is 4.26.